The normalized spacial score (nSPS) is 9.56. The number of aromatic hydroxyl groups is 1. The summed E-state index contributed by atoms with van der Waals surface area (Å²) < 4.78 is 0. The first kappa shape index (κ1) is 6.14. The maximum Gasteiger partial charge on any atom is 0.118 e. The van der Waals surface area contributed by atoms with Crippen molar-refractivity contribution in [2.24, 2.45) is 0 Å². The minimum absolute atomic E-state index is 0.353. The van der Waals surface area contributed by atoms with Crippen LogP contribution in [0.5, 0.6) is 5.75 Å². The first-order chi connectivity index (χ1) is 4.20. The van der Waals surface area contributed by atoms with Gasteiger partial charge >= 0.3 is 0 Å². The largest absolute Gasteiger partial charge is 0.508 e. The molecule has 0 saturated carbocycles. The molecular formula is C8H9O. The third kappa shape index (κ3) is 1.22. The highest BCUT2D eigenvalue weighted by Gasteiger charge is 1.92. The van der Waals surface area contributed by atoms with E-state index in [1.54, 1.807) is 12.1 Å². The Balaban J connectivity index is 3.17. The highest BCUT2D eigenvalue weighted by atomic mass is 16.3. The molecule has 0 aromatic heterocycles. The van der Waals surface area contributed by atoms with E-state index in [4.69, 9.17) is 5.11 Å². The number of phenolic OH excluding ortho intramolecular Hbond substituents is 1. The van der Waals surface area contributed by atoms with Gasteiger partial charge in [0.2, 0.25) is 0 Å². The van der Waals surface area contributed by atoms with Crippen LogP contribution in [0.2, 0.25) is 0 Å². The van der Waals surface area contributed by atoms with Gasteiger partial charge in [-0.15, -0.1) is 0 Å². The second-order valence-corrected chi connectivity index (χ2v) is 2.18. The lowest BCUT2D eigenvalue weighted by Crippen LogP contribution is -1.75. The van der Waals surface area contributed by atoms with Gasteiger partial charge in [-0.25, -0.2) is 0 Å². The molecule has 0 atom stereocenters. The quantitative estimate of drug-likeness (QED) is 0.555. The van der Waals surface area contributed by atoms with E-state index in [1.165, 1.54) is 0 Å². The standard InChI is InChI=1S/C8H9O/c1-6-3-4-7(2)8(9)5-6/h4-5,9H,1-2H3. The molecular weight excluding hydrogens is 112 g/mol. The fraction of sp³-hybridized carbons (Fsp3) is 0.250. The Morgan fingerprint density at radius 2 is 2.11 bits per heavy atom. The second-order valence-electron chi connectivity index (χ2n) is 2.18. The number of hydrogen-bond acceptors (Lipinski definition) is 1. The van der Waals surface area contributed by atoms with Crippen molar-refractivity contribution in [1.82, 2.24) is 0 Å². The summed E-state index contributed by atoms with van der Waals surface area (Å²) in [5.41, 5.74) is 1.85. The average molecular weight is 121 g/mol. The average Bonchev–Trinajstić information content (AvgIpc) is 1.80. The summed E-state index contributed by atoms with van der Waals surface area (Å²) in [6.07, 6.45) is 0. The molecule has 0 fully saturated rings. The third-order valence-corrected chi connectivity index (χ3v) is 1.27. The molecule has 1 N–H and O–H groups in total. The Hall–Kier alpha value is -0.980. The topological polar surface area (TPSA) is 20.2 Å². The SMILES string of the molecule is Cc1[c]cc(C)c(O)c1. The van der Waals surface area contributed by atoms with Crippen LogP contribution in [0.3, 0.4) is 0 Å². The molecule has 1 aromatic carbocycles. The van der Waals surface area contributed by atoms with Crippen LogP contribution in [-0.2, 0) is 0 Å². The molecule has 47 valence electrons. The van der Waals surface area contributed by atoms with E-state index in [0.29, 0.717) is 5.75 Å². The number of phenols is 1. The van der Waals surface area contributed by atoms with Gasteiger partial charge in [-0.1, -0.05) is 0 Å². The molecule has 0 aliphatic carbocycles. The molecule has 1 radical (unpaired) electrons. The maximum atomic E-state index is 9.08. The summed E-state index contributed by atoms with van der Waals surface area (Å²) >= 11 is 0. The monoisotopic (exact) mass is 121 g/mol. The Bertz CT molecular complexity index is 216. The van der Waals surface area contributed by atoms with Crippen LogP contribution in [0.1, 0.15) is 11.1 Å². The lowest BCUT2D eigenvalue weighted by atomic mass is 10.1. The predicted octanol–water partition coefficient (Wildman–Crippen LogP) is 1.81. The first-order valence-corrected chi connectivity index (χ1v) is 2.88. The minimum atomic E-state index is 0.353. The third-order valence-electron chi connectivity index (χ3n) is 1.27. The zero-order chi connectivity index (χ0) is 6.85. The molecule has 1 heteroatoms. The molecule has 0 heterocycles. The van der Waals surface area contributed by atoms with Gasteiger partial charge in [-0.2, -0.15) is 0 Å². The van der Waals surface area contributed by atoms with Gasteiger partial charge in [-0.3, -0.25) is 0 Å². The van der Waals surface area contributed by atoms with Gasteiger partial charge in [0.1, 0.15) is 5.75 Å². The van der Waals surface area contributed by atoms with Gasteiger partial charge in [0.25, 0.3) is 0 Å². The summed E-state index contributed by atoms with van der Waals surface area (Å²) in [6.45, 7) is 3.75. The van der Waals surface area contributed by atoms with E-state index in [1.807, 2.05) is 13.8 Å². The Labute approximate surface area is 55.0 Å². The Morgan fingerprint density at radius 1 is 1.44 bits per heavy atom. The van der Waals surface area contributed by atoms with Crippen molar-refractivity contribution in [3.05, 3.63) is 29.3 Å². The fourth-order valence-electron chi connectivity index (χ4n) is 0.657. The van der Waals surface area contributed by atoms with Crippen LogP contribution in [0, 0.1) is 19.9 Å². The van der Waals surface area contributed by atoms with E-state index in [2.05, 4.69) is 6.07 Å². The maximum absolute atomic E-state index is 9.08. The van der Waals surface area contributed by atoms with Crippen molar-refractivity contribution in [2.45, 2.75) is 13.8 Å². The van der Waals surface area contributed by atoms with Gasteiger partial charge < -0.3 is 5.11 Å². The van der Waals surface area contributed by atoms with Gasteiger partial charge in [0, 0.05) is 0 Å². The molecule has 0 saturated heterocycles. The van der Waals surface area contributed by atoms with E-state index < -0.39 is 0 Å². The molecule has 0 bridgehead atoms. The molecule has 0 amide bonds. The van der Waals surface area contributed by atoms with Crippen LogP contribution in [-0.4, -0.2) is 5.11 Å². The molecule has 1 nitrogen and oxygen atoms in total. The molecule has 0 aliphatic heterocycles. The Morgan fingerprint density at radius 3 is 2.56 bits per heavy atom. The first-order valence-electron chi connectivity index (χ1n) is 2.88. The second kappa shape index (κ2) is 2.09. The summed E-state index contributed by atoms with van der Waals surface area (Å²) in [5.74, 6) is 0.353. The van der Waals surface area contributed by atoms with Crippen LogP contribution in [0.4, 0.5) is 0 Å². The number of benzene rings is 1. The lowest BCUT2D eigenvalue weighted by Gasteiger charge is -1.96. The molecule has 0 aliphatic rings. The molecule has 0 spiro atoms. The lowest BCUT2D eigenvalue weighted by molar-refractivity contribution is 0.470. The van der Waals surface area contributed by atoms with Gasteiger partial charge in [-0.05, 0) is 43.2 Å². The van der Waals surface area contributed by atoms with Crippen LogP contribution < -0.4 is 0 Å². The summed E-state index contributed by atoms with van der Waals surface area (Å²) in [7, 11) is 0. The highest BCUT2D eigenvalue weighted by molar-refractivity contribution is 5.33. The predicted molar refractivity (Wildman–Crippen MR) is 36.4 cm³/mol. The van der Waals surface area contributed by atoms with Crippen molar-refractivity contribution in [2.75, 3.05) is 0 Å². The van der Waals surface area contributed by atoms with Crippen LogP contribution in [0.15, 0.2) is 12.1 Å². The van der Waals surface area contributed by atoms with Crippen LogP contribution in [0.25, 0.3) is 0 Å². The number of aryl methyl sites for hydroxylation is 2. The Kier molecular flexibility index (Phi) is 1.43. The zero-order valence-electron chi connectivity index (χ0n) is 5.60. The molecule has 0 unspecified atom stereocenters. The number of rotatable bonds is 0. The van der Waals surface area contributed by atoms with Crippen molar-refractivity contribution in [3.8, 4) is 5.75 Å². The van der Waals surface area contributed by atoms with Crippen molar-refractivity contribution >= 4 is 0 Å². The zero-order valence-corrected chi connectivity index (χ0v) is 5.60. The van der Waals surface area contributed by atoms with Crippen molar-refractivity contribution in [1.29, 1.82) is 0 Å². The van der Waals surface area contributed by atoms with Gasteiger partial charge in [0.05, 0.1) is 0 Å². The van der Waals surface area contributed by atoms with E-state index in [-0.39, 0.29) is 0 Å². The smallest absolute Gasteiger partial charge is 0.118 e. The fourth-order valence-corrected chi connectivity index (χ4v) is 0.657. The summed E-state index contributed by atoms with van der Waals surface area (Å²) in [5, 5.41) is 9.08. The van der Waals surface area contributed by atoms with Crippen LogP contribution >= 0.6 is 0 Å². The van der Waals surface area contributed by atoms with E-state index in [9.17, 15) is 0 Å². The molecule has 9 heavy (non-hydrogen) atoms. The van der Waals surface area contributed by atoms with Gasteiger partial charge in [0.15, 0.2) is 0 Å². The summed E-state index contributed by atoms with van der Waals surface area (Å²) in [6, 6.07) is 6.47. The van der Waals surface area contributed by atoms with Crippen molar-refractivity contribution < 1.29 is 5.11 Å². The van der Waals surface area contributed by atoms with Crippen molar-refractivity contribution in [3.63, 3.8) is 0 Å². The number of hydrogen-bond donors (Lipinski definition) is 1. The molecule has 1 aromatic rings. The summed E-state index contributed by atoms with van der Waals surface area (Å²) in [4.78, 5) is 0. The van der Waals surface area contributed by atoms with E-state index in [0.717, 1.165) is 11.1 Å². The highest BCUT2D eigenvalue weighted by Crippen LogP contribution is 2.15. The minimum Gasteiger partial charge on any atom is -0.508 e. The molecule has 1 rings (SSSR count). The van der Waals surface area contributed by atoms with E-state index >= 15 is 0 Å².